The number of rotatable bonds is 5. The van der Waals surface area contributed by atoms with Crippen molar-refractivity contribution >= 4 is 23.2 Å². The third-order valence-corrected chi connectivity index (χ3v) is 3.61. The molecule has 6 nitrogen and oxygen atoms in total. The highest BCUT2D eigenvalue weighted by atomic mass is 16.5. The summed E-state index contributed by atoms with van der Waals surface area (Å²) in [4.78, 5) is 38.1. The number of hydrogen-bond donors (Lipinski definition) is 0. The molecule has 6 heteroatoms. The van der Waals surface area contributed by atoms with Gasteiger partial charge < -0.3 is 10.3 Å². The summed E-state index contributed by atoms with van der Waals surface area (Å²) in [7, 11) is 0. The minimum atomic E-state index is -0.948. The first-order valence-electron chi connectivity index (χ1n) is 6.37. The average molecular weight is 266 g/mol. The van der Waals surface area contributed by atoms with Gasteiger partial charge in [0.05, 0.1) is 6.61 Å². The van der Waals surface area contributed by atoms with Crippen molar-refractivity contribution in [2.75, 3.05) is 6.61 Å². The molecule has 0 bridgehead atoms. The van der Waals surface area contributed by atoms with Crippen LogP contribution in [0.4, 0.5) is 0 Å². The van der Waals surface area contributed by atoms with Gasteiger partial charge in [0.1, 0.15) is 5.78 Å². The SMILES string of the molecule is CCOC(=O)C(=[N+]=[N-])C(=O)[C@@H]1[C@H](C)CC[C@H]1C(C)=O. The van der Waals surface area contributed by atoms with Crippen LogP contribution in [0, 0.1) is 17.8 Å². The van der Waals surface area contributed by atoms with Crippen molar-refractivity contribution in [3.05, 3.63) is 5.53 Å². The van der Waals surface area contributed by atoms with E-state index in [9.17, 15) is 14.4 Å². The van der Waals surface area contributed by atoms with E-state index >= 15 is 0 Å². The van der Waals surface area contributed by atoms with Gasteiger partial charge in [-0.05, 0) is 32.6 Å². The van der Waals surface area contributed by atoms with Gasteiger partial charge in [-0.15, -0.1) is 0 Å². The Labute approximate surface area is 111 Å². The van der Waals surface area contributed by atoms with Crippen molar-refractivity contribution in [3.8, 4) is 0 Å². The number of carbonyl (C=O) groups excluding carboxylic acids is 3. The zero-order chi connectivity index (χ0) is 14.6. The molecule has 1 rings (SSSR count). The molecule has 1 aliphatic rings. The molecule has 1 saturated carbocycles. The molecule has 0 aromatic carbocycles. The molecule has 0 aliphatic heterocycles. The minimum Gasteiger partial charge on any atom is -0.457 e. The lowest BCUT2D eigenvalue weighted by molar-refractivity contribution is -0.143. The molecule has 3 atom stereocenters. The summed E-state index contributed by atoms with van der Waals surface area (Å²) in [6, 6.07) is 0. The Morgan fingerprint density at radius 2 is 1.95 bits per heavy atom. The predicted molar refractivity (Wildman–Crippen MR) is 66.3 cm³/mol. The summed E-state index contributed by atoms with van der Waals surface area (Å²) in [5.74, 6) is -2.67. The van der Waals surface area contributed by atoms with Gasteiger partial charge in [0.25, 0.3) is 5.78 Å². The molecular weight excluding hydrogens is 248 g/mol. The lowest BCUT2D eigenvalue weighted by atomic mass is 9.83. The smallest absolute Gasteiger partial charge is 0.441 e. The largest absolute Gasteiger partial charge is 0.457 e. The van der Waals surface area contributed by atoms with Crippen molar-refractivity contribution in [2.45, 2.75) is 33.6 Å². The van der Waals surface area contributed by atoms with Crippen molar-refractivity contribution in [1.29, 1.82) is 0 Å². The van der Waals surface area contributed by atoms with Crippen molar-refractivity contribution in [3.63, 3.8) is 0 Å². The maximum absolute atomic E-state index is 12.3. The van der Waals surface area contributed by atoms with Gasteiger partial charge in [0.15, 0.2) is 0 Å². The zero-order valence-corrected chi connectivity index (χ0v) is 11.4. The molecule has 0 aromatic heterocycles. The third kappa shape index (κ3) is 3.15. The maximum atomic E-state index is 12.3. The first kappa shape index (κ1) is 15.2. The van der Waals surface area contributed by atoms with E-state index in [-0.39, 0.29) is 18.3 Å². The van der Waals surface area contributed by atoms with E-state index in [1.807, 2.05) is 6.92 Å². The fraction of sp³-hybridized carbons (Fsp3) is 0.692. The van der Waals surface area contributed by atoms with Crippen LogP contribution in [0.3, 0.4) is 0 Å². The van der Waals surface area contributed by atoms with Crippen molar-refractivity contribution in [2.24, 2.45) is 17.8 Å². The van der Waals surface area contributed by atoms with E-state index in [1.165, 1.54) is 6.92 Å². The van der Waals surface area contributed by atoms with E-state index in [0.29, 0.717) is 6.42 Å². The number of nitrogens with zero attached hydrogens (tertiary/aromatic N) is 2. The van der Waals surface area contributed by atoms with Gasteiger partial charge in [-0.1, -0.05) is 6.92 Å². The summed E-state index contributed by atoms with van der Waals surface area (Å²) in [6.45, 7) is 4.96. The van der Waals surface area contributed by atoms with Gasteiger partial charge in [0.2, 0.25) is 0 Å². The fourth-order valence-electron chi connectivity index (χ4n) is 2.64. The molecule has 0 aromatic rings. The second-order valence-electron chi connectivity index (χ2n) is 4.83. The molecule has 0 spiro atoms. The second kappa shape index (κ2) is 6.38. The molecular formula is C13H18N2O4. The summed E-state index contributed by atoms with van der Waals surface area (Å²) < 4.78 is 4.67. The molecule has 104 valence electrons. The average Bonchev–Trinajstić information content (AvgIpc) is 2.72. The topological polar surface area (TPSA) is 96.8 Å². The fourth-order valence-corrected chi connectivity index (χ4v) is 2.64. The Kier molecular flexibility index (Phi) is 5.12. The van der Waals surface area contributed by atoms with Crippen LogP contribution in [0.5, 0.6) is 0 Å². The lowest BCUT2D eigenvalue weighted by Crippen LogP contribution is -2.38. The summed E-state index contributed by atoms with van der Waals surface area (Å²) in [5.41, 5.74) is 8.23. The van der Waals surface area contributed by atoms with E-state index < -0.39 is 29.3 Å². The highest BCUT2D eigenvalue weighted by Gasteiger charge is 2.47. The summed E-state index contributed by atoms with van der Waals surface area (Å²) in [6.07, 6.45) is 1.36. The third-order valence-electron chi connectivity index (χ3n) is 3.61. The lowest BCUT2D eigenvalue weighted by Gasteiger charge is -2.16. The van der Waals surface area contributed by atoms with Crippen LogP contribution < -0.4 is 0 Å². The predicted octanol–water partition coefficient (Wildman–Crippen LogP) is 1.04. The van der Waals surface area contributed by atoms with Crippen molar-refractivity contribution in [1.82, 2.24) is 0 Å². The van der Waals surface area contributed by atoms with Crippen LogP contribution in [0.2, 0.25) is 0 Å². The van der Waals surface area contributed by atoms with Gasteiger partial charge in [0, 0.05) is 11.8 Å². The summed E-state index contributed by atoms with van der Waals surface area (Å²) in [5, 5.41) is 0. The Hall–Kier alpha value is -1.81. The second-order valence-corrected chi connectivity index (χ2v) is 4.83. The molecule has 1 fully saturated rings. The molecule has 0 heterocycles. The molecule has 1 aliphatic carbocycles. The molecule has 0 unspecified atom stereocenters. The van der Waals surface area contributed by atoms with Crippen LogP contribution in [-0.2, 0) is 19.1 Å². The Morgan fingerprint density at radius 1 is 1.32 bits per heavy atom. The Bertz CT molecular complexity index is 452. The standard InChI is InChI=1S/C13H18N2O4/c1-4-19-13(18)11(15-14)12(17)10-7(2)5-6-9(10)8(3)16/h7,9-10H,4-6H2,1-3H3/t7-,9+,10-/m1/s1. The van der Waals surface area contributed by atoms with Crippen LogP contribution in [0.25, 0.3) is 5.53 Å². The molecule has 0 radical (unpaired) electrons. The zero-order valence-electron chi connectivity index (χ0n) is 11.4. The summed E-state index contributed by atoms with van der Waals surface area (Å²) >= 11 is 0. The molecule has 0 saturated heterocycles. The monoisotopic (exact) mass is 266 g/mol. The first-order chi connectivity index (χ1) is 8.93. The van der Waals surface area contributed by atoms with E-state index in [1.54, 1.807) is 6.92 Å². The van der Waals surface area contributed by atoms with E-state index in [0.717, 1.165) is 6.42 Å². The van der Waals surface area contributed by atoms with Crippen molar-refractivity contribution < 1.29 is 23.9 Å². The Morgan fingerprint density at radius 3 is 2.42 bits per heavy atom. The van der Waals surface area contributed by atoms with Crippen LogP contribution in [0.1, 0.15) is 33.6 Å². The number of esters is 1. The van der Waals surface area contributed by atoms with Gasteiger partial charge >= 0.3 is 11.7 Å². The Balaban J connectivity index is 3.00. The maximum Gasteiger partial charge on any atom is 0.441 e. The van der Waals surface area contributed by atoms with Crippen LogP contribution >= 0.6 is 0 Å². The number of hydrogen-bond acceptors (Lipinski definition) is 4. The minimum absolute atomic E-state index is 0.0208. The van der Waals surface area contributed by atoms with Crippen LogP contribution in [-0.4, -0.2) is 34.6 Å². The molecule has 0 amide bonds. The molecule has 0 N–H and O–H groups in total. The quantitative estimate of drug-likeness (QED) is 0.244. The normalized spacial score (nSPS) is 25.5. The molecule has 19 heavy (non-hydrogen) atoms. The van der Waals surface area contributed by atoms with E-state index in [2.05, 4.69) is 9.53 Å². The van der Waals surface area contributed by atoms with Crippen LogP contribution in [0.15, 0.2) is 0 Å². The highest BCUT2D eigenvalue weighted by Crippen LogP contribution is 2.38. The van der Waals surface area contributed by atoms with Gasteiger partial charge in [-0.2, -0.15) is 4.79 Å². The number of Topliss-reactive ketones (excluding diaryl/α,β-unsaturated/α-hetero) is 2. The van der Waals surface area contributed by atoms with E-state index in [4.69, 9.17) is 5.53 Å². The number of ether oxygens (including phenoxy) is 1. The highest BCUT2D eigenvalue weighted by molar-refractivity contribution is 6.62. The van der Waals surface area contributed by atoms with Gasteiger partial charge in [-0.3, -0.25) is 9.59 Å². The van der Waals surface area contributed by atoms with Gasteiger partial charge in [-0.25, -0.2) is 4.79 Å². The number of ketones is 2. The number of carbonyl (C=O) groups is 3. The first-order valence-corrected chi connectivity index (χ1v) is 6.37.